The molecule has 1 unspecified atom stereocenters. The fraction of sp³-hybridized carbons (Fsp3) is 0.417. The highest BCUT2D eigenvalue weighted by molar-refractivity contribution is 7.18. The monoisotopic (exact) mass is 252 g/mol. The summed E-state index contributed by atoms with van der Waals surface area (Å²) < 4.78 is 1.19. The van der Waals surface area contributed by atoms with Crippen molar-refractivity contribution >= 4 is 33.2 Å². The van der Waals surface area contributed by atoms with Gasteiger partial charge in [-0.3, -0.25) is 0 Å². The molecule has 4 heteroatoms. The average molecular weight is 253 g/mol. The normalized spacial score (nSPS) is 21.4. The van der Waals surface area contributed by atoms with Crippen molar-refractivity contribution in [2.45, 2.75) is 25.3 Å². The number of fused-ring (bicyclic) bond motifs is 1. The number of nitrogens with one attached hydrogen (secondary N) is 1. The Labute approximate surface area is 104 Å². The van der Waals surface area contributed by atoms with E-state index in [1.807, 2.05) is 12.1 Å². The van der Waals surface area contributed by atoms with Crippen molar-refractivity contribution in [3.8, 4) is 0 Å². The quantitative estimate of drug-likeness (QED) is 0.836. The number of rotatable bonds is 1. The Balaban J connectivity index is 2.01. The summed E-state index contributed by atoms with van der Waals surface area (Å²) in [5.74, 6) is 0. The fourth-order valence-corrected chi connectivity index (χ4v) is 3.52. The van der Waals surface area contributed by atoms with Crippen LogP contribution in [0.25, 0.3) is 10.2 Å². The Morgan fingerprint density at radius 3 is 3.06 bits per heavy atom. The molecular formula is C12H13ClN2S. The van der Waals surface area contributed by atoms with E-state index in [4.69, 9.17) is 11.6 Å². The average Bonchev–Trinajstić information content (AvgIpc) is 2.76. The molecule has 0 aliphatic carbocycles. The molecule has 0 spiro atoms. The molecule has 3 rings (SSSR count). The zero-order valence-corrected chi connectivity index (χ0v) is 10.4. The number of nitrogens with zero attached hydrogens (tertiary/aromatic N) is 1. The summed E-state index contributed by atoms with van der Waals surface area (Å²) >= 11 is 7.89. The Bertz CT molecular complexity index is 503. The second-order valence-corrected chi connectivity index (χ2v) is 5.61. The third kappa shape index (κ3) is 1.83. The first kappa shape index (κ1) is 10.5. The van der Waals surface area contributed by atoms with E-state index in [0.29, 0.717) is 6.04 Å². The summed E-state index contributed by atoms with van der Waals surface area (Å²) in [6.07, 6.45) is 3.76. The van der Waals surface area contributed by atoms with Gasteiger partial charge in [0.1, 0.15) is 10.5 Å². The summed E-state index contributed by atoms with van der Waals surface area (Å²) in [7, 11) is 0. The first-order valence-corrected chi connectivity index (χ1v) is 6.82. The van der Waals surface area contributed by atoms with Gasteiger partial charge < -0.3 is 5.32 Å². The van der Waals surface area contributed by atoms with Crippen molar-refractivity contribution in [3.05, 3.63) is 28.2 Å². The van der Waals surface area contributed by atoms with Gasteiger partial charge in [0.25, 0.3) is 0 Å². The van der Waals surface area contributed by atoms with Crippen LogP contribution in [0.3, 0.4) is 0 Å². The van der Waals surface area contributed by atoms with E-state index in [1.165, 1.54) is 29.0 Å². The van der Waals surface area contributed by atoms with Crippen LogP contribution >= 0.6 is 22.9 Å². The Morgan fingerprint density at radius 2 is 2.31 bits per heavy atom. The van der Waals surface area contributed by atoms with Crippen LogP contribution in [0.2, 0.25) is 5.02 Å². The van der Waals surface area contributed by atoms with Crippen molar-refractivity contribution in [1.82, 2.24) is 10.3 Å². The lowest BCUT2D eigenvalue weighted by Crippen LogP contribution is -2.26. The number of hydrogen-bond acceptors (Lipinski definition) is 3. The summed E-state index contributed by atoms with van der Waals surface area (Å²) in [5, 5.41) is 5.46. The third-order valence-corrected chi connectivity index (χ3v) is 4.43. The molecule has 2 nitrogen and oxygen atoms in total. The van der Waals surface area contributed by atoms with Gasteiger partial charge in [0.2, 0.25) is 0 Å². The van der Waals surface area contributed by atoms with Crippen LogP contribution in [-0.4, -0.2) is 11.5 Å². The molecule has 16 heavy (non-hydrogen) atoms. The van der Waals surface area contributed by atoms with Gasteiger partial charge in [-0.15, -0.1) is 11.3 Å². The molecule has 1 aromatic carbocycles. The number of benzene rings is 1. The van der Waals surface area contributed by atoms with Gasteiger partial charge in [-0.25, -0.2) is 4.98 Å². The summed E-state index contributed by atoms with van der Waals surface area (Å²) in [4.78, 5) is 4.66. The summed E-state index contributed by atoms with van der Waals surface area (Å²) in [6.45, 7) is 1.11. The van der Waals surface area contributed by atoms with Crippen LogP contribution in [0, 0.1) is 0 Å². The topological polar surface area (TPSA) is 24.9 Å². The largest absolute Gasteiger partial charge is 0.308 e. The Hall–Kier alpha value is -0.640. The van der Waals surface area contributed by atoms with Gasteiger partial charge in [0.05, 0.1) is 15.8 Å². The maximum atomic E-state index is 6.13. The molecule has 0 saturated carbocycles. The number of para-hydroxylation sites is 1. The van der Waals surface area contributed by atoms with Gasteiger partial charge in [-0.2, -0.15) is 0 Å². The van der Waals surface area contributed by atoms with Gasteiger partial charge in [-0.05, 0) is 31.5 Å². The van der Waals surface area contributed by atoms with E-state index in [-0.39, 0.29) is 0 Å². The molecule has 1 aromatic heterocycles. The zero-order chi connectivity index (χ0) is 11.0. The first-order chi connectivity index (χ1) is 7.84. The van der Waals surface area contributed by atoms with Crippen LogP contribution in [0.5, 0.6) is 0 Å². The standard InChI is InChI=1S/C12H13ClN2S/c13-8-4-3-6-10-11(8)15-12(16-10)9-5-1-2-7-14-9/h3-4,6,9,14H,1-2,5,7H2. The number of piperidine rings is 1. The van der Waals surface area contributed by atoms with Crippen LogP contribution in [-0.2, 0) is 0 Å². The van der Waals surface area contributed by atoms with Crippen LogP contribution in [0.15, 0.2) is 18.2 Å². The number of thiazole rings is 1. The second kappa shape index (κ2) is 4.32. The van der Waals surface area contributed by atoms with Crippen molar-refractivity contribution < 1.29 is 0 Å². The predicted molar refractivity (Wildman–Crippen MR) is 69.2 cm³/mol. The third-order valence-electron chi connectivity index (χ3n) is 2.99. The number of hydrogen-bond donors (Lipinski definition) is 1. The lowest BCUT2D eigenvalue weighted by atomic mass is 10.1. The van der Waals surface area contributed by atoms with Crippen LogP contribution in [0.1, 0.15) is 30.3 Å². The van der Waals surface area contributed by atoms with Gasteiger partial charge >= 0.3 is 0 Å². The molecule has 1 N–H and O–H groups in total. The predicted octanol–water partition coefficient (Wildman–Crippen LogP) is 3.76. The highest BCUT2D eigenvalue weighted by Crippen LogP contribution is 2.33. The van der Waals surface area contributed by atoms with Gasteiger partial charge in [-0.1, -0.05) is 24.1 Å². The highest BCUT2D eigenvalue weighted by atomic mass is 35.5. The van der Waals surface area contributed by atoms with Crippen molar-refractivity contribution in [2.75, 3.05) is 6.54 Å². The molecular weight excluding hydrogens is 240 g/mol. The zero-order valence-electron chi connectivity index (χ0n) is 8.87. The Morgan fingerprint density at radius 1 is 1.38 bits per heavy atom. The van der Waals surface area contributed by atoms with Crippen molar-refractivity contribution in [3.63, 3.8) is 0 Å². The van der Waals surface area contributed by atoms with E-state index < -0.39 is 0 Å². The molecule has 1 fully saturated rings. The minimum atomic E-state index is 0.433. The molecule has 2 aromatic rings. The molecule has 0 radical (unpaired) electrons. The van der Waals surface area contributed by atoms with Crippen molar-refractivity contribution in [2.24, 2.45) is 0 Å². The number of halogens is 1. The molecule has 2 heterocycles. The van der Waals surface area contributed by atoms with Gasteiger partial charge in [0, 0.05) is 0 Å². The molecule has 1 atom stereocenters. The minimum absolute atomic E-state index is 0.433. The lowest BCUT2D eigenvalue weighted by molar-refractivity contribution is 0.411. The van der Waals surface area contributed by atoms with E-state index in [2.05, 4.69) is 16.4 Å². The molecule has 1 aliphatic heterocycles. The van der Waals surface area contributed by atoms with E-state index in [9.17, 15) is 0 Å². The van der Waals surface area contributed by atoms with Crippen molar-refractivity contribution in [1.29, 1.82) is 0 Å². The van der Waals surface area contributed by atoms with E-state index >= 15 is 0 Å². The maximum Gasteiger partial charge on any atom is 0.111 e. The molecule has 0 amide bonds. The summed E-state index contributed by atoms with van der Waals surface area (Å²) in [5.41, 5.74) is 0.955. The maximum absolute atomic E-state index is 6.13. The summed E-state index contributed by atoms with van der Waals surface area (Å²) in [6, 6.07) is 6.41. The molecule has 1 saturated heterocycles. The van der Waals surface area contributed by atoms with Crippen LogP contribution in [0.4, 0.5) is 0 Å². The smallest absolute Gasteiger partial charge is 0.111 e. The minimum Gasteiger partial charge on any atom is -0.308 e. The van der Waals surface area contributed by atoms with E-state index in [1.54, 1.807) is 11.3 Å². The van der Waals surface area contributed by atoms with E-state index in [0.717, 1.165) is 17.1 Å². The number of aromatic nitrogens is 1. The molecule has 84 valence electrons. The molecule has 1 aliphatic rings. The van der Waals surface area contributed by atoms with Crippen LogP contribution < -0.4 is 5.32 Å². The lowest BCUT2D eigenvalue weighted by Gasteiger charge is -2.20. The SMILES string of the molecule is Clc1cccc2sc(C3CCCCN3)nc12. The Kier molecular flexibility index (Phi) is 2.84. The molecule has 0 bridgehead atoms. The fourth-order valence-electron chi connectivity index (χ4n) is 2.14. The van der Waals surface area contributed by atoms with Gasteiger partial charge in [0.15, 0.2) is 0 Å². The highest BCUT2D eigenvalue weighted by Gasteiger charge is 2.18. The second-order valence-electron chi connectivity index (χ2n) is 4.14. The first-order valence-electron chi connectivity index (χ1n) is 5.63.